The molecular formula is C14H17NO2S. The summed E-state index contributed by atoms with van der Waals surface area (Å²) in [5, 5.41) is 0. The van der Waals surface area contributed by atoms with Gasteiger partial charge in [0.1, 0.15) is 0 Å². The molecule has 1 aliphatic heterocycles. The standard InChI is InChI=1S/C14H17NO2S/c1-2-17-14(16)12-8-9-13(15(18)10-12)11-6-4-3-5-7-11/h3-8,13,18H,2,9-10H2,1H3. The van der Waals surface area contributed by atoms with Gasteiger partial charge < -0.3 is 4.74 Å². The molecular weight excluding hydrogens is 246 g/mol. The summed E-state index contributed by atoms with van der Waals surface area (Å²) >= 11 is 4.47. The first kappa shape index (κ1) is 13.2. The number of ether oxygens (including phenoxy) is 1. The van der Waals surface area contributed by atoms with Gasteiger partial charge in [-0.15, -0.1) is 0 Å². The lowest BCUT2D eigenvalue weighted by atomic mass is 9.98. The largest absolute Gasteiger partial charge is 0.463 e. The number of carbonyl (C=O) groups is 1. The van der Waals surface area contributed by atoms with Gasteiger partial charge in [-0.3, -0.25) is 0 Å². The molecule has 1 unspecified atom stereocenters. The van der Waals surface area contributed by atoms with Crippen LogP contribution < -0.4 is 0 Å². The molecule has 0 spiro atoms. The Morgan fingerprint density at radius 3 is 2.78 bits per heavy atom. The minimum absolute atomic E-state index is 0.215. The number of esters is 1. The maximum atomic E-state index is 11.6. The van der Waals surface area contributed by atoms with E-state index in [1.54, 1.807) is 0 Å². The van der Waals surface area contributed by atoms with Crippen molar-refractivity contribution in [3.05, 3.63) is 47.5 Å². The highest BCUT2D eigenvalue weighted by Gasteiger charge is 2.25. The van der Waals surface area contributed by atoms with Crippen LogP contribution in [-0.2, 0) is 9.53 Å². The SMILES string of the molecule is CCOC(=O)C1=CCC(c2ccccc2)N(S)C1. The number of hydrogen-bond acceptors (Lipinski definition) is 4. The molecule has 0 N–H and O–H groups in total. The Hall–Kier alpha value is -1.26. The molecule has 0 saturated heterocycles. The number of benzene rings is 1. The van der Waals surface area contributed by atoms with Crippen LogP contribution in [-0.4, -0.2) is 23.4 Å². The van der Waals surface area contributed by atoms with Gasteiger partial charge in [-0.1, -0.05) is 49.2 Å². The maximum absolute atomic E-state index is 11.6. The highest BCUT2D eigenvalue weighted by Crippen LogP contribution is 2.31. The predicted molar refractivity (Wildman–Crippen MR) is 74.2 cm³/mol. The molecule has 0 aliphatic carbocycles. The molecule has 0 fully saturated rings. The van der Waals surface area contributed by atoms with E-state index in [0.717, 1.165) is 6.42 Å². The molecule has 0 amide bonds. The normalized spacial score (nSPS) is 20.3. The van der Waals surface area contributed by atoms with E-state index in [9.17, 15) is 4.79 Å². The van der Waals surface area contributed by atoms with E-state index in [1.165, 1.54) is 5.56 Å². The summed E-state index contributed by atoms with van der Waals surface area (Å²) in [7, 11) is 0. The molecule has 0 radical (unpaired) electrons. The van der Waals surface area contributed by atoms with Gasteiger partial charge in [0.15, 0.2) is 0 Å². The first-order chi connectivity index (χ1) is 8.72. The lowest BCUT2D eigenvalue weighted by Crippen LogP contribution is -2.29. The third kappa shape index (κ3) is 2.94. The first-order valence-electron chi connectivity index (χ1n) is 6.09. The third-order valence-corrected chi connectivity index (χ3v) is 3.42. The van der Waals surface area contributed by atoms with Crippen molar-refractivity contribution in [2.75, 3.05) is 13.2 Å². The molecule has 0 bridgehead atoms. The van der Waals surface area contributed by atoms with Crippen molar-refractivity contribution in [3.63, 3.8) is 0 Å². The summed E-state index contributed by atoms with van der Waals surface area (Å²) in [4.78, 5) is 11.6. The third-order valence-electron chi connectivity index (χ3n) is 3.00. The van der Waals surface area contributed by atoms with Crippen LogP contribution in [0, 0.1) is 0 Å². The lowest BCUT2D eigenvalue weighted by Gasteiger charge is -2.30. The van der Waals surface area contributed by atoms with Crippen molar-refractivity contribution in [2.45, 2.75) is 19.4 Å². The summed E-state index contributed by atoms with van der Waals surface area (Å²) in [6.07, 6.45) is 2.74. The summed E-state index contributed by atoms with van der Waals surface area (Å²) in [6.45, 7) is 2.74. The topological polar surface area (TPSA) is 29.5 Å². The highest BCUT2D eigenvalue weighted by molar-refractivity contribution is 7.77. The van der Waals surface area contributed by atoms with E-state index in [-0.39, 0.29) is 12.0 Å². The fourth-order valence-electron chi connectivity index (χ4n) is 2.08. The van der Waals surface area contributed by atoms with E-state index in [2.05, 4.69) is 24.9 Å². The van der Waals surface area contributed by atoms with Crippen LogP contribution >= 0.6 is 12.8 Å². The van der Waals surface area contributed by atoms with Crippen LogP contribution in [0.15, 0.2) is 42.0 Å². The van der Waals surface area contributed by atoms with Crippen LogP contribution in [0.5, 0.6) is 0 Å². The van der Waals surface area contributed by atoms with E-state index < -0.39 is 0 Å². The second kappa shape index (κ2) is 6.07. The molecule has 0 aromatic heterocycles. The highest BCUT2D eigenvalue weighted by atomic mass is 32.1. The lowest BCUT2D eigenvalue weighted by molar-refractivity contribution is -0.138. The Bertz CT molecular complexity index is 444. The zero-order valence-electron chi connectivity index (χ0n) is 10.4. The van der Waals surface area contributed by atoms with Crippen molar-refractivity contribution in [1.82, 2.24) is 4.31 Å². The molecule has 0 saturated carbocycles. The Morgan fingerprint density at radius 2 is 2.17 bits per heavy atom. The number of carbonyl (C=O) groups excluding carboxylic acids is 1. The Balaban J connectivity index is 2.10. The monoisotopic (exact) mass is 263 g/mol. The summed E-state index contributed by atoms with van der Waals surface area (Å²) < 4.78 is 6.89. The molecule has 1 heterocycles. The zero-order chi connectivity index (χ0) is 13.0. The van der Waals surface area contributed by atoms with Gasteiger partial charge in [0.2, 0.25) is 0 Å². The fourth-order valence-corrected chi connectivity index (χ4v) is 2.46. The van der Waals surface area contributed by atoms with E-state index >= 15 is 0 Å². The molecule has 96 valence electrons. The second-order valence-corrected chi connectivity index (χ2v) is 4.72. The van der Waals surface area contributed by atoms with Gasteiger partial charge in [0.25, 0.3) is 0 Å². The van der Waals surface area contributed by atoms with Crippen LogP contribution in [0.4, 0.5) is 0 Å². The molecule has 1 aromatic rings. The smallest absolute Gasteiger partial charge is 0.335 e. The summed E-state index contributed by atoms with van der Waals surface area (Å²) in [5.41, 5.74) is 1.91. The van der Waals surface area contributed by atoms with E-state index in [1.807, 2.05) is 35.5 Å². The van der Waals surface area contributed by atoms with Gasteiger partial charge in [0, 0.05) is 18.2 Å². The molecule has 3 nitrogen and oxygen atoms in total. The van der Waals surface area contributed by atoms with Crippen molar-refractivity contribution in [3.8, 4) is 0 Å². The number of hydrogen-bond donors (Lipinski definition) is 1. The molecule has 1 aliphatic rings. The quantitative estimate of drug-likeness (QED) is 0.671. The Kier molecular flexibility index (Phi) is 4.44. The van der Waals surface area contributed by atoms with Gasteiger partial charge >= 0.3 is 5.97 Å². The van der Waals surface area contributed by atoms with E-state index in [0.29, 0.717) is 18.7 Å². The van der Waals surface area contributed by atoms with Gasteiger partial charge in [0.05, 0.1) is 6.61 Å². The zero-order valence-corrected chi connectivity index (χ0v) is 11.3. The average Bonchev–Trinajstić information content (AvgIpc) is 2.40. The van der Waals surface area contributed by atoms with Crippen LogP contribution in [0.1, 0.15) is 24.9 Å². The second-order valence-electron chi connectivity index (χ2n) is 4.21. The Morgan fingerprint density at radius 1 is 1.44 bits per heavy atom. The molecule has 18 heavy (non-hydrogen) atoms. The van der Waals surface area contributed by atoms with Crippen LogP contribution in [0.25, 0.3) is 0 Å². The number of rotatable bonds is 3. The molecule has 2 rings (SSSR count). The number of thiol groups is 1. The van der Waals surface area contributed by atoms with Crippen LogP contribution in [0.2, 0.25) is 0 Å². The van der Waals surface area contributed by atoms with E-state index in [4.69, 9.17) is 4.74 Å². The molecule has 1 aromatic carbocycles. The van der Waals surface area contributed by atoms with Crippen molar-refractivity contribution in [1.29, 1.82) is 0 Å². The maximum Gasteiger partial charge on any atom is 0.335 e. The van der Waals surface area contributed by atoms with Gasteiger partial charge in [-0.05, 0) is 18.9 Å². The van der Waals surface area contributed by atoms with Gasteiger partial charge in [-0.2, -0.15) is 0 Å². The average molecular weight is 263 g/mol. The predicted octanol–water partition coefficient (Wildman–Crippen LogP) is 2.77. The van der Waals surface area contributed by atoms with Gasteiger partial charge in [-0.25, -0.2) is 9.10 Å². The van der Waals surface area contributed by atoms with Crippen molar-refractivity contribution < 1.29 is 9.53 Å². The van der Waals surface area contributed by atoms with Crippen molar-refractivity contribution in [2.24, 2.45) is 0 Å². The summed E-state index contributed by atoms with van der Waals surface area (Å²) in [6, 6.07) is 10.4. The minimum atomic E-state index is -0.233. The van der Waals surface area contributed by atoms with Crippen LogP contribution in [0.3, 0.4) is 0 Å². The van der Waals surface area contributed by atoms with Crippen molar-refractivity contribution >= 4 is 18.8 Å². The first-order valence-corrected chi connectivity index (χ1v) is 6.49. The number of nitrogens with zero attached hydrogens (tertiary/aromatic N) is 1. The molecule has 4 heteroatoms. The minimum Gasteiger partial charge on any atom is -0.463 e. The summed E-state index contributed by atoms with van der Waals surface area (Å²) in [5.74, 6) is -0.233. The molecule has 1 atom stereocenters. The fraction of sp³-hybridized carbons (Fsp3) is 0.357. The Labute approximate surface area is 113 Å².